The van der Waals surface area contributed by atoms with Gasteiger partial charge in [-0.05, 0) is 36.6 Å². The molecule has 0 radical (unpaired) electrons. The molecule has 4 N–H and O–H groups in total. The van der Waals surface area contributed by atoms with E-state index >= 15 is 0 Å². The number of anilines is 1. The maximum atomic E-state index is 11.6. The van der Waals surface area contributed by atoms with Gasteiger partial charge in [0.05, 0.1) is 13.1 Å². The van der Waals surface area contributed by atoms with E-state index in [0.717, 1.165) is 12.1 Å². The lowest BCUT2D eigenvalue weighted by Crippen LogP contribution is -2.36. The fraction of sp³-hybridized carbons (Fsp3) is 0.385. The van der Waals surface area contributed by atoms with Crippen LogP contribution in [-0.4, -0.2) is 24.9 Å². The molecule has 98 valence electrons. The number of nitrogens with one attached hydrogen (secondary N) is 2. The van der Waals surface area contributed by atoms with Gasteiger partial charge in [-0.1, -0.05) is 13.0 Å². The Kier molecular flexibility index (Phi) is 5.32. The van der Waals surface area contributed by atoms with Crippen molar-refractivity contribution in [3.8, 4) is 0 Å². The van der Waals surface area contributed by atoms with Gasteiger partial charge in [0, 0.05) is 5.69 Å². The van der Waals surface area contributed by atoms with Crippen molar-refractivity contribution in [2.45, 2.75) is 20.3 Å². The highest BCUT2D eigenvalue weighted by atomic mass is 16.2. The number of aryl methyl sites for hydroxylation is 2. The molecule has 0 aliphatic rings. The van der Waals surface area contributed by atoms with E-state index in [0.29, 0.717) is 0 Å². The molecule has 5 nitrogen and oxygen atoms in total. The molecule has 0 heterocycles. The van der Waals surface area contributed by atoms with E-state index in [2.05, 4.69) is 17.6 Å². The van der Waals surface area contributed by atoms with Crippen LogP contribution >= 0.6 is 0 Å². The molecule has 0 aliphatic heterocycles. The summed E-state index contributed by atoms with van der Waals surface area (Å²) in [5.74, 6) is -0.606. The second-order valence-corrected chi connectivity index (χ2v) is 4.02. The molecule has 0 atom stereocenters. The van der Waals surface area contributed by atoms with Gasteiger partial charge in [0.2, 0.25) is 11.8 Å². The van der Waals surface area contributed by atoms with Crippen LogP contribution in [0.3, 0.4) is 0 Å². The summed E-state index contributed by atoms with van der Waals surface area (Å²) >= 11 is 0. The third kappa shape index (κ3) is 4.18. The molecule has 1 aromatic carbocycles. The SMILES string of the molecule is CCc1cc(NC(=O)CNC(=O)CN)ccc1C. The van der Waals surface area contributed by atoms with Crippen molar-refractivity contribution in [2.75, 3.05) is 18.4 Å². The van der Waals surface area contributed by atoms with Crippen LogP contribution in [0.5, 0.6) is 0 Å². The molecule has 0 fully saturated rings. The lowest BCUT2D eigenvalue weighted by molar-refractivity contribution is -0.123. The molecule has 0 bridgehead atoms. The molecule has 18 heavy (non-hydrogen) atoms. The number of nitrogens with two attached hydrogens (primary N) is 1. The van der Waals surface area contributed by atoms with Gasteiger partial charge in [-0.2, -0.15) is 0 Å². The Balaban J connectivity index is 2.56. The molecule has 0 aliphatic carbocycles. The van der Waals surface area contributed by atoms with Crippen molar-refractivity contribution in [3.05, 3.63) is 29.3 Å². The summed E-state index contributed by atoms with van der Waals surface area (Å²) in [6.07, 6.45) is 0.916. The van der Waals surface area contributed by atoms with E-state index in [1.165, 1.54) is 11.1 Å². The van der Waals surface area contributed by atoms with Crippen LogP contribution in [0.1, 0.15) is 18.1 Å². The molecule has 0 spiro atoms. The fourth-order valence-corrected chi connectivity index (χ4v) is 1.59. The van der Waals surface area contributed by atoms with Crippen molar-refractivity contribution in [2.24, 2.45) is 5.73 Å². The normalized spacial score (nSPS) is 9.94. The predicted molar refractivity (Wildman–Crippen MR) is 71.3 cm³/mol. The highest BCUT2D eigenvalue weighted by Crippen LogP contribution is 2.15. The van der Waals surface area contributed by atoms with Crippen LogP contribution in [0, 0.1) is 6.92 Å². The molecule has 2 amide bonds. The van der Waals surface area contributed by atoms with Crippen LogP contribution < -0.4 is 16.4 Å². The first-order chi connectivity index (χ1) is 8.56. The summed E-state index contributed by atoms with van der Waals surface area (Å²) in [4.78, 5) is 22.4. The van der Waals surface area contributed by atoms with Gasteiger partial charge in [0.15, 0.2) is 0 Å². The Morgan fingerprint density at radius 2 is 2.00 bits per heavy atom. The summed E-state index contributed by atoms with van der Waals surface area (Å²) in [5.41, 5.74) is 8.26. The quantitative estimate of drug-likeness (QED) is 0.713. The standard InChI is InChI=1S/C13H19N3O2/c1-3-10-6-11(5-4-9(10)2)16-13(18)8-15-12(17)7-14/h4-6H,3,7-8,14H2,1-2H3,(H,15,17)(H,16,18). The van der Waals surface area contributed by atoms with E-state index in [4.69, 9.17) is 5.73 Å². The van der Waals surface area contributed by atoms with Crippen molar-refractivity contribution < 1.29 is 9.59 Å². The molecule has 5 heteroatoms. The molecule has 0 saturated heterocycles. The Labute approximate surface area is 107 Å². The topological polar surface area (TPSA) is 84.2 Å². The zero-order valence-corrected chi connectivity index (χ0v) is 10.7. The molecular weight excluding hydrogens is 230 g/mol. The van der Waals surface area contributed by atoms with Crippen LogP contribution in [0.2, 0.25) is 0 Å². The lowest BCUT2D eigenvalue weighted by Gasteiger charge is -2.09. The van der Waals surface area contributed by atoms with Crippen molar-refractivity contribution in [1.82, 2.24) is 5.32 Å². The van der Waals surface area contributed by atoms with Crippen molar-refractivity contribution >= 4 is 17.5 Å². The second-order valence-electron chi connectivity index (χ2n) is 4.02. The summed E-state index contributed by atoms with van der Waals surface area (Å²) in [5, 5.41) is 5.15. The minimum absolute atomic E-state index is 0.0641. The van der Waals surface area contributed by atoms with E-state index < -0.39 is 0 Å². The number of amides is 2. The largest absolute Gasteiger partial charge is 0.346 e. The van der Waals surface area contributed by atoms with Crippen molar-refractivity contribution in [1.29, 1.82) is 0 Å². The first-order valence-corrected chi connectivity index (χ1v) is 5.93. The van der Waals surface area contributed by atoms with E-state index in [1.54, 1.807) is 0 Å². The minimum Gasteiger partial charge on any atom is -0.346 e. The van der Waals surface area contributed by atoms with Gasteiger partial charge in [-0.15, -0.1) is 0 Å². The van der Waals surface area contributed by atoms with Crippen LogP contribution in [0.15, 0.2) is 18.2 Å². The van der Waals surface area contributed by atoms with Gasteiger partial charge >= 0.3 is 0 Å². The lowest BCUT2D eigenvalue weighted by atomic mass is 10.1. The van der Waals surface area contributed by atoms with E-state index in [-0.39, 0.29) is 24.9 Å². The zero-order valence-electron chi connectivity index (χ0n) is 10.7. The fourth-order valence-electron chi connectivity index (χ4n) is 1.59. The second kappa shape index (κ2) is 6.76. The van der Waals surface area contributed by atoms with Gasteiger partial charge < -0.3 is 16.4 Å². The number of carbonyl (C=O) groups is 2. The average molecular weight is 249 g/mol. The Morgan fingerprint density at radius 3 is 2.61 bits per heavy atom. The van der Waals surface area contributed by atoms with Gasteiger partial charge in [-0.3, -0.25) is 9.59 Å². The number of hydrogen-bond donors (Lipinski definition) is 3. The summed E-state index contributed by atoms with van der Waals surface area (Å²) < 4.78 is 0. The summed E-state index contributed by atoms with van der Waals surface area (Å²) in [6, 6.07) is 5.75. The monoisotopic (exact) mass is 249 g/mol. The predicted octanol–water partition coefficient (Wildman–Crippen LogP) is 0.571. The smallest absolute Gasteiger partial charge is 0.243 e. The average Bonchev–Trinajstić information content (AvgIpc) is 2.38. The molecule has 0 aromatic heterocycles. The molecule has 1 aromatic rings. The Morgan fingerprint density at radius 1 is 1.28 bits per heavy atom. The summed E-state index contributed by atoms with van der Waals surface area (Å²) in [6.45, 7) is 3.92. The number of benzene rings is 1. The Bertz CT molecular complexity index is 444. The number of hydrogen-bond acceptors (Lipinski definition) is 3. The van der Waals surface area contributed by atoms with Crippen molar-refractivity contribution in [3.63, 3.8) is 0 Å². The maximum absolute atomic E-state index is 11.6. The third-order valence-electron chi connectivity index (χ3n) is 2.65. The summed E-state index contributed by atoms with van der Waals surface area (Å²) in [7, 11) is 0. The van der Waals surface area contributed by atoms with E-state index in [1.807, 2.05) is 25.1 Å². The first kappa shape index (κ1) is 14.2. The number of rotatable bonds is 5. The molecule has 1 rings (SSSR count). The van der Waals surface area contributed by atoms with E-state index in [9.17, 15) is 9.59 Å². The molecule has 0 unspecified atom stereocenters. The molecular formula is C13H19N3O2. The van der Waals surface area contributed by atoms with Crippen LogP contribution in [0.4, 0.5) is 5.69 Å². The maximum Gasteiger partial charge on any atom is 0.243 e. The van der Waals surface area contributed by atoms with Gasteiger partial charge in [-0.25, -0.2) is 0 Å². The minimum atomic E-state index is -0.344. The first-order valence-electron chi connectivity index (χ1n) is 5.93. The molecule has 0 saturated carbocycles. The highest BCUT2D eigenvalue weighted by molar-refractivity contribution is 5.94. The Hall–Kier alpha value is -1.88. The third-order valence-corrected chi connectivity index (χ3v) is 2.65. The highest BCUT2D eigenvalue weighted by Gasteiger charge is 2.05. The van der Waals surface area contributed by atoms with Gasteiger partial charge in [0.1, 0.15) is 0 Å². The van der Waals surface area contributed by atoms with Gasteiger partial charge in [0.25, 0.3) is 0 Å². The zero-order chi connectivity index (χ0) is 13.5. The van der Waals surface area contributed by atoms with Crippen LogP contribution in [0.25, 0.3) is 0 Å². The number of carbonyl (C=O) groups excluding carboxylic acids is 2. The van der Waals surface area contributed by atoms with Crippen LogP contribution in [-0.2, 0) is 16.0 Å².